The van der Waals surface area contributed by atoms with Gasteiger partial charge in [-0.3, -0.25) is 9.89 Å². The summed E-state index contributed by atoms with van der Waals surface area (Å²) in [6, 6.07) is 5.31. The van der Waals surface area contributed by atoms with Gasteiger partial charge in [0.2, 0.25) is 5.96 Å². The van der Waals surface area contributed by atoms with Crippen molar-refractivity contribution in [2.24, 2.45) is 9.98 Å². The van der Waals surface area contributed by atoms with Crippen LogP contribution in [0, 0.1) is 0 Å². The first-order valence-corrected chi connectivity index (χ1v) is 12.0. The quantitative estimate of drug-likeness (QED) is 0.449. The summed E-state index contributed by atoms with van der Waals surface area (Å²) >= 11 is 0. The average molecular weight is 460 g/mol. The number of benzene rings is 1. The predicted octanol–water partition coefficient (Wildman–Crippen LogP) is 3.52. The van der Waals surface area contributed by atoms with Crippen molar-refractivity contribution >= 4 is 23.5 Å². The highest BCUT2D eigenvalue weighted by molar-refractivity contribution is 5.95. The van der Waals surface area contributed by atoms with Crippen LogP contribution in [0.5, 0.6) is 0 Å². The smallest absolute Gasteiger partial charge is 0.319 e. The number of hydrogen-bond donors (Lipinski definition) is 3. The van der Waals surface area contributed by atoms with Crippen LogP contribution in [-0.4, -0.2) is 73.4 Å². The maximum atomic E-state index is 14.3. The summed E-state index contributed by atoms with van der Waals surface area (Å²) < 4.78 is 14.3. The number of amides is 2. The molecule has 2 saturated heterocycles. The minimum absolute atomic E-state index is 0.0188. The minimum atomic E-state index is -1.09. The molecule has 182 valence electrons. The number of anilines is 1. The fraction of sp³-hybridized carbons (Fsp3) is 0.625. The molecule has 0 bridgehead atoms. The topological polar surface area (TPSA) is 84.4 Å². The molecule has 2 atom stereocenters. The molecule has 3 rings (SSSR count). The van der Waals surface area contributed by atoms with E-state index in [1.807, 2.05) is 26.0 Å². The molecule has 2 amide bonds. The second kappa shape index (κ2) is 12.0. The molecule has 3 N–H and O–H groups in total. The van der Waals surface area contributed by atoms with Crippen molar-refractivity contribution in [3.63, 3.8) is 0 Å². The number of alkyl halides is 1. The normalized spacial score (nSPS) is 20.8. The number of nitrogens with zero attached hydrogens (tertiary/aromatic N) is 4. The Morgan fingerprint density at radius 1 is 1.27 bits per heavy atom. The number of nitrogens with one attached hydrogen (secondary N) is 3. The molecule has 1 aromatic rings. The van der Waals surface area contributed by atoms with Crippen LogP contribution in [-0.2, 0) is 6.54 Å². The molecule has 0 aromatic heterocycles. The van der Waals surface area contributed by atoms with Gasteiger partial charge in [0.05, 0.1) is 0 Å². The van der Waals surface area contributed by atoms with Gasteiger partial charge in [-0.2, -0.15) is 0 Å². The van der Waals surface area contributed by atoms with E-state index in [2.05, 4.69) is 35.7 Å². The monoisotopic (exact) mass is 459 g/mol. The molecule has 8 nitrogen and oxygen atoms in total. The van der Waals surface area contributed by atoms with E-state index >= 15 is 0 Å². The van der Waals surface area contributed by atoms with Crippen LogP contribution in [0.1, 0.15) is 57.3 Å². The number of urea groups is 1. The third-order valence-electron chi connectivity index (χ3n) is 6.22. The number of rotatable bonds is 6. The summed E-state index contributed by atoms with van der Waals surface area (Å²) in [5.74, 6) is 1.48. The first-order valence-electron chi connectivity index (χ1n) is 12.0. The summed E-state index contributed by atoms with van der Waals surface area (Å²) in [6.45, 7) is 10.7. The second-order valence-electron chi connectivity index (χ2n) is 8.78. The van der Waals surface area contributed by atoms with E-state index < -0.39 is 6.17 Å². The lowest BCUT2D eigenvalue weighted by Crippen LogP contribution is -2.40. The highest BCUT2D eigenvalue weighted by Crippen LogP contribution is 2.27. The van der Waals surface area contributed by atoms with Crippen molar-refractivity contribution in [1.82, 2.24) is 20.4 Å². The van der Waals surface area contributed by atoms with Crippen molar-refractivity contribution < 1.29 is 9.18 Å². The molecule has 2 heterocycles. The Hall–Kier alpha value is -2.68. The molecule has 0 spiro atoms. The Labute approximate surface area is 196 Å². The van der Waals surface area contributed by atoms with Gasteiger partial charge in [0.25, 0.3) is 0 Å². The van der Waals surface area contributed by atoms with Crippen LogP contribution in [0.2, 0.25) is 0 Å². The van der Waals surface area contributed by atoms with Crippen molar-refractivity contribution in [2.75, 3.05) is 45.1 Å². The van der Waals surface area contributed by atoms with Gasteiger partial charge in [-0.15, -0.1) is 0 Å². The lowest BCUT2D eigenvalue weighted by atomic mass is 10.0. The van der Waals surface area contributed by atoms with Crippen LogP contribution in [0.25, 0.3) is 0 Å². The van der Waals surface area contributed by atoms with Gasteiger partial charge < -0.3 is 20.9 Å². The van der Waals surface area contributed by atoms with Crippen LogP contribution < -0.4 is 16.0 Å². The highest BCUT2D eigenvalue weighted by Gasteiger charge is 2.25. The average Bonchev–Trinajstić information content (AvgIpc) is 3.46. The Bertz CT molecular complexity index is 864. The first kappa shape index (κ1) is 25.0. The highest BCUT2D eigenvalue weighted by atomic mass is 19.1. The van der Waals surface area contributed by atoms with E-state index in [1.165, 1.54) is 12.8 Å². The third-order valence-corrected chi connectivity index (χ3v) is 6.22. The molecule has 2 unspecified atom stereocenters. The number of guanidine groups is 1. The van der Waals surface area contributed by atoms with Crippen molar-refractivity contribution in [3.05, 3.63) is 29.3 Å². The van der Waals surface area contributed by atoms with E-state index in [4.69, 9.17) is 0 Å². The lowest BCUT2D eigenvalue weighted by molar-refractivity contribution is 0.248. The van der Waals surface area contributed by atoms with Crippen LogP contribution in [0.15, 0.2) is 28.2 Å². The number of likely N-dealkylation sites (tertiary alicyclic amines) is 2. The van der Waals surface area contributed by atoms with Gasteiger partial charge in [-0.05, 0) is 76.4 Å². The largest absolute Gasteiger partial charge is 0.358 e. The second-order valence-corrected chi connectivity index (χ2v) is 8.78. The van der Waals surface area contributed by atoms with Crippen molar-refractivity contribution in [3.8, 4) is 0 Å². The maximum Gasteiger partial charge on any atom is 0.319 e. The van der Waals surface area contributed by atoms with E-state index in [9.17, 15) is 9.18 Å². The number of aliphatic imine (C=N–C) groups is 2. The maximum absolute atomic E-state index is 14.3. The van der Waals surface area contributed by atoms with Gasteiger partial charge in [-0.1, -0.05) is 6.07 Å². The van der Waals surface area contributed by atoms with E-state index in [-0.39, 0.29) is 12.1 Å². The lowest BCUT2D eigenvalue weighted by Gasteiger charge is -2.20. The molecule has 9 heteroatoms. The Kier molecular flexibility index (Phi) is 9.05. The minimum Gasteiger partial charge on any atom is -0.358 e. The Morgan fingerprint density at radius 2 is 2.03 bits per heavy atom. The van der Waals surface area contributed by atoms with E-state index in [1.54, 1.807) is 20.0 Å². The molecular weight excluding hydrogens is 421 g/mol. The Morgan fingerprint density at radius 3 is 2.70 bits per heavy atom. The summed E-state index contributed by atoms with van der Waals surface area (Å²) in [4.78, 5) is 25.8. The fourth-order valence-corrected chi connectivity index (χ4v) is 4.44. The van der Waals surface area contributed by atoms with Crippen LogP contribution in [0.3, 0.4) is 0 Å². The van der Waals surface area contributed by atoms with Crippen LogP contribution in [0.4, 0.5) is 14.9 Å². The zero-order chi connectivity index (χ0) is 23.8. The fourth-order valence-electron chi connectivity index (χ4n) is 4.44. The van der Waals surface area contributed by atoms with Gasteiger partial charge in [0.15, 0.2) is 0 Å². The number of carbonyl (C=O) groups excluding carboxylic acids is 1. The summed E-state index contributed by atoms with van der Waals surface area (Å²) in [5.41, 5.74) is 2.25. The van der Waals surface area contributed by atoms with Crippen molar-refractivity contribution in [1.29, 1.82) is 0 Å². The predicted molar refractivity (Wildman–Crippen MR) is 133 cm³/mol. The summed E-state index contributed by atoms with van der Waals surface area (Å²) in [6.07, 6.45) is 2.15. The number of amidine groups is 1. The number of halogens is 1. The van der Waals surface area contributed by atoms with Crippen LogP contribution >= 0.6 is 0 Å². The molecule has 2 aliphatic heterocycles. The SMILES string of the molecule is CCNC(=NC)N=C(C)N1CCC(NC(=O)Nc2ccc(CN3CCCC3)c(C(C)F)c2)C1. The molecule has 1 aromatic carbocycles. The molecule has 33 heavy (non-hydrogen) atoms. The molecule has 0 saturated carbocycles. The molecular formula is C24H38FN7O. The molecule has 2 aliphatic rings. The zero-order valence-electron chi connectivity index (χ0n) is 20.3. The standard InChI is InChI=1S/C24H38FN7O/c1-5-27-23(26-4)28-18(3)32-13-10-21(16-32)30-24(33)29-20-9-8-19(22(14-20)17(2)25)15-31-11-6-7-12-31/h8-9,14,17,21H,5-7,10-13,15-16H2,1-4H3,(H,26,27)(H2,29,30,33). The van der Waals surface area contributed by atoms with Gasteiger partial charge in [0.1, 0.15) is 12.0 Å². The number of hydrogen-bond acceptors (Lipinski definition) is 3. The van der Waals surface area contributed by atoms with Gasteiger partial charge in [0, 0.05) is 45.0 Å². The molecule has 0 radical (unpaired) electrons. The van der Waals surface area contributed by atoms with E-state index in [0.717, 1.165) is 50.5 Å². The van der Waals surface area contributed by atoms with E-state index in [0.29, 0.717) is 23.8 Å². The van der Waals surface area contributed by atoms with Crippen molar-refractivity contribution in [2.45, 2.75) is 58.8 Å². The summed E-state index contributed by atoms with van der Waals surface area (Å²) in [7, 11) is 1.71. The van der Waals surface area contributed by atoms with Gasteiger partial charge >= 0.3 is 6.03 Å². The van der Waals surface area contributed by atoms with Gasteiger partial charge in [-0.25, -0.2) is 14.2 Å². The number of carbonyl (C=O) groups is 1. The summed E-state index contributed by atoms with van der Waals surface area (Å²) in [5, 5.41) is 9.03. The third kappa shape index (κ3) is 7.15. The molecule has 0 aliphatic carbocycles. The zero-order valence-corrected chi connectivity index (χ0v) is 20.3. The molecule has 2 fully saturated rings. The first-order chi connectivity index (χ1) is 15.9. The Balaban J connectivity index is 1.55.